The normalized spacial score (nSPS) is 21.1. The summed E-state index contributed by atoms with van der Waals surface area (Å²) in [6.07, 6.45) is 7.10. The third kappa shape index (κ3) is 3.99. The maximum Gasteiger partial charge on any atom is 0.117 e. The van der Waals surface area contributed by atoms with E-state index < -0.39 is 0 Å². The molecule has 0 aromatic carbocycles. The molecule has 1 saturated heterocycles. The zero-order valence-electron chi connectivity index (χ0n) is 9.87. The van der Waals surface area contributed by atoms with Gasteiger partial charge >= 0.3 is 0 Å². The first-order valence-electron chi connectivity index (χ1n) is 6.39. The average molecular weight is 222 g/mol. The van der Waals surface area contributed by atoms with Crippen LogP contribution in [0.4, 0.5) is 0 Å². The van der Waals surface area contributed by atoms with E-state index in [2.05, 4.69) is 10.6 Å². The lowest BCUT2D eigenvalue weighted by Crippen LogP contribution is -2.30. The number of hydrogen-bond acceptors (Lipinski definition) is 3. The van der Waals surface area contributed by atoms with Crippen molar-refractivity contribution < 1.29 is 4.42 Å². The fourth-order valence-corrected chi connectivity index (χ4v) is 2.31. The molecule has 0 spiro atoms. The van der Waals surface area contributed by atoms with Crippen molar-refractivity contribution in [3.05, 3.63) is 24.2 Å². The standard InChI is InChI=1S/C13H22N2O/c1-4-12(10-14-7-1)5-2-8-15-11-13-6-3-9-16-13/h3,6,9,12,14-15H,1-2,4-5,7-8,10-11H2. The Morgan fingerprint density at radius 2 is 2.50 bits per heavy atom. The smallest absolute Gasteiger partial charge is 0.117 e. The van der Waals surface area contributed by atoms with Crippen LogP contribution in [0.2, 0.25) is 0 Å². The molecular formula is C13H22N2O. The van der Waals surface area contributed by atoms with Gasteiger partial charge < -0.3 is 15.1 Å². The second-order valence-corrected chi connectivity index (χ2v) is 4.61. The number of nitrogens with one attached hydrogen (secondary N) is 2. The van der Waals surface area contributed by atoms with Gasteiger partial charge in [-0.15, -0.1) is 0 Å². The third-order valence-electron chi connectivity index (χ3n) is 3.24. The van der Waals surface area contributed by atoms with Gasteiger partial charge in [0.25, 0.3) is 0 Å². The fraction of sp³-hybridized carbons (Fsp3) is 0.692. The van der Waals surface area contributed by atoms with Gasteiger partial charge in [0.05, 0.1) is 12.8 Å². The third-order valence-corrected chi connectivity index (χ3v) is 3.24. The second-order valence-electron chi connectivity index (χ2n) is 4.61. The topological polar surface area (TPSA) is 37.2 Å². The van der Waals surface area contributed by atoms with Gasteiger partial charge in [0.2, 0.25) is 0 Å². The van der Waals surface area contributed by atoms with Crippen LogP contribution < -0.4 is 10.6 Å². The van der Waals surface area contributed by atoms with E-state index >= 15 is 0 Å². The second kappa shape index (κ2) is 6.71. The van der Waals surface area contributed by atoms with Crippen LogP contribution in [0.1, 0.15) is 31.4 Å². The summed E-state index contributed by atoms with van der Waals surface area (Å²) in [5.74, 6) is 1.93. The van der Waals surface area contributed by atoms with Crippen LogP contribution in [0.5, 0.6) is 0 Å². The van der Waals surface area contributed by atoms with Gasteiger partial charge in [-0.05, 0) is 63.4 Å². The van der Waals surface area contributed by atoms with Crippen LogP contribution >= 0.6 is 0 Å². The van der Waals surface area contributed by atoms with Gasteiger partial charge in [-0.1, -0.05) is 0 Å². The zero-order valence-corrected chi connectivity index (χ0v) is 9.87. The quantitative estimate of drug-likeness (QED) is 0.724. The molecule has 1 unspecified atom stereocenters. The van der Waals surface area contributed by atoms with Crippen LogP contribution in [-0.4, -0.2) is 19.6 Å². The van der Waals surface area contributed by atoms with Gasteiger partial charge in [0.15, 0.2) is 0 Å². The molecule has 1 fully saturated rings. The van der Waals surface area contributed by atoms with Crippen LogP contribution in [-0.2, 0) is 6.54 Å². The molecule has 1 aromatic heterocycles. The van der Waals surface area contributed by atoms with Crippen molar-refractivity contribution in [3.8, 4) is 0 Å². The molecule has 0 radical (unpaired) electrons. The Morgan fingerprint density at radius 3 is 3.25 bits per heavy atom. The molecule has 1 aromatic rings. The van der Waals surface area contributed by atoms with Gasteiger partial charge in [-0.2, -0.15) is 0 Å². The van der Waals surface area contributed by atoms with E-state index in [1.54, 1.807) is 6.26 Å². The minimum Gasteiger partial charge on any atom is -0.468 e. The first kappa shape index (κ1) is 11.7. The van der Waals surface area contributed by atoms with Crippen LogP contribution in [0, 0.1) is 5.92 Å². The lowest BCUT2D eigenvalue weighted by Gasteiger charge is -2.22. The highest BCUT2D eigenvalue weighted by Gasteiger charge is 2.11. The van der Waals surface area contributed by atoms with E-state index in [0.29, 0.717) is 0 Å². The lowest BCUT2D eigenvalue weighted by atomic mass is 9.95. The van der Waals surface area contributed by atoms with E-state index in [0.717, 1.165) is 24.8 Å². The molecule has 2 rings (SSSR count). The summed E-state index contributed by atoms with van der Waals surface area (Å²) in [6, 6.07) is 3.95. The Labute approximate surface area is 97.6 Å². The van der Waals surface area contributed by atoms with E-state index in [4.69, 9.17) is 4.42 Å². The number of hydrogen-bond donors (Lipinski definition) is 2. The molecule has 2 N–H and O–H groups in total. The molecule has 0 amide bonds. The summed E-state index contributed by atoms with van der Waals surface area (Å²) in [4.78, 5) is 0. The van der Waals surface area contributed by atoms with Crippen molar-refractivity contribution in [1.29, 1.82) is 0 Å². The van der Waals surface area contributed by atoms with Crippen LogP contribution in [0.25, 0.3) is 0 Å². The predicted molar refractivity (Wildman–Crippen MR) is 65.2 cm³/mol. The molecule has 2 heterocycles. The maximum atomic E-state index is 5.26. The maximum absolute atomic E-state index is 5.26. The van der Waals surface area contributed by atoms with E-state index in [1.807, 2.05) is 12.1 Å². The summed E-state index contributed by atoms with van der Waals surface area (Å²) in [7, 11) is 0. The van der Waals surface area contributed by atoms with E-state index in [-0.39, 0.29) is 0 Å². The first-order valence-corrected chi connectivity index (χ1v) is 6.39. The summed E-state index contributed by atoms with van der Waals surface area (Å²) in [5.41, 5.74) is 0. The molecule has 0 saturated carbocycles. The minimum absolute atomic E-state index is 0.857. The predicted octanol–water partition coefficient (Wildman–Crippen LogP) is 2.15. The number of furan rings is 1. The molecule has 3 nitrogen and oxygen atoms in total. The molecule has 0 bridgehead atoms. The molecule has 0 aliphatic carbocycles. The summed E-state index contributed by atoms with van der Waals surface area (Å²) < 4.78 is 5.26. The van der Waals surface area contributed by atoms with E-state index in [9.17, 15) is 0 Å². The Kier molecular flexibility index (Phi) is 4.90. The lowest BCUT2D eigenvalue weighted by molar-refractivity contribution is 0.347. The molecule has 1 aliphatic heterocycles. The fourth-order valence-electron chi connectivity index (χ4n) is 2.31. The Balaban J connectivity index is 1.48. The highest BCUT2D eigenvalue weighted by molar-refractivity contribution is 4.97. The molecular weight excluding hydrogens is 200 g/mol. The largest absolute Gasteiger partial charge is 0.468 e. The Morgan fingerprint density at radius 1 is 1.50 bits per heavy atom. The van der Waals surface area contributed by atoms with Gasteiger partial charge in [-0.3, -0.25) is 0 Å². The number of rotatable bonds is 6. The van der Waals surface area contributed by atoms with Crippen molar-refractivity contribution in [2.24, 2.45) is 5.92 Å². The van der Waals surface area contributed by atoms with Gasteiger partial charge in [-0.25, -0.2) is 0 Å². The highest BCUT2D eigenvalue weighted by atomic mass is 16.3. The SMILES string of the molecule is c1coc(CNCCCC2CCCNC2)c1. The first-order chi connectivity index (χ1) is 7.95. The number of piperidine rings is 1. The zero-order chi connectivity index (χ0) is 11.1. The minimum atomic E-state index is 0.857. The van der Waals surface area contributed by atoms with Gasteiger partial charge in [0, 0.05) is 0 Å². The van der Waals surface area contributed by atoms with E-state index in [1.165, 1.54) is 38.8 Å². The van der Waals surface area contributed by atoms with Crippen molar-refractivity contribution in [2.45, 2.75) is 32.2 Å². The molecule has 90 valence electrons. The van der Waals surface area contributed by atoms with Crippen molar-refractivity contribution in [2.75, 3.05) is 19.6 Å². The van der Waals surface area contributed by atoms with Crippen molar-refractivity contribution in [1.82, 2.24) is 10.6 Å². The molecule has 1 atom stereocenters. The summed E-state index contributed by atoms with van der Waals surface area (Å²) >= 11 is 0. The molecule has 1 aliphatic rings. The summed E-state index contributed by atoms with van der Waals surface area (Å²) in [5, 5.41) is 6.88. The average Bonchev–Trinajstić information content (AvgIpc) is 2.83. The monoisotopic (exact) mass is 222 g/mol. The molecule has 16 heavy (non-hydrogen) atoms. The van der Waals surface area contributed by atoms with Crippen molar-refractivity contribution >= 4 is 0 Å². The van der Waals surface area contributed by atoms with Crippen LogP contribution in [0.15, 0.2) is 22.8 Å². The molecule has 3 heteroatoms. The van der Waals surface area contributed by atoms with Gasteiger partial charge in [0.1, 0.15) is 5.76 Å². The van der Waals surface area contributed by atoms with Crippen molar-refractivity contribution in [3.63, 3.8) is 0 Å². The van der Waals surface area contributed by atoms with Crippen LogP contribution in [0.3, 0.4) is 0 Å². The highest BCUT2D eigenvalue weighted by Crippen LogP contribution is 2.15. The Bertz CT molecular complexity index is 265. The Hall–Kier alpha value is -0.800. The summed E-state index contributed by atoms with van der Waals surface area (Å²) in [6.45, 7) is 4.39.